The molecule has 0 aromatic heterocycles. The molecule has 0 aliphatic rings. The molecule has 0 unspecified atom stereocenters. The van der Waals surface area contributed by atoms with Crippen LogP contribution in [0.2, 0.25) is 0 Å². The first-order valence-electron chi connectivity index (χ1n) is 4.29. The van der Waals surface area contributed by atoms with Gasteiger partial charge in [-0.2, -0.15) is 0 Å². The van der Waals surface area contributed by atoms with Gasteiger partial charge >= 0.3 is 11.9 Å². The molecule has 0 heterocycles. The lowest BCUT2D eigenvalue weighted by molar-refractivity contribution is -0.142. The molecule has 0 saturated heterocycles. The fraction of sp³-hybridized carbons (Fsp3) is 0.556. The summed E-state index contributed by atoms with van der Waals surface area (Å²) in [6, 6.07) is 0. The lowest BCUT2D eigenvalue weighted by atomic mass is 10.3. The van der Waals surface area contributed by atoms with E-state index in [0.29, 0.717) is 12.3 Å². The molecule has 80 valence electrons. The van der Waals surface area contributed by atoms with Crippen LogP contribution in [0, 0.1) is 0 Å². The van der Waals surface area contributed by atoms with Crippen molar-refractivity contribution in [2.24, 2.45) is 0 Å². The summed E-state index contributed by atoms with van der Waals surface area (Å²) in [5, 5.41) is 2.73. The Hall–Kier alpha value is -1.52. The quantitative estimate of drug-likeness (QED) is 0.520. The Morgan fingerprint density at radius 1 is 1.43 bits per heavy atom. The topological polar surface area (TPSA) is 64.6 Å². The average molecular weight is 201 g/mol. The molecule has 0 saturated carbocycles. The van der Waals surface area contributed by atoms with Gasteiger partial charge in [0, 0.05) is 14.0 Å². The summed E-state index contributed by atoms with van der Waals surface area (Å²) in [7, 11) is 1.63. The molecular formula is C9H15NO4. The van der Waals surface area contributed by atoms with E-state index in [2.05, 4.69) is 10.1 Å². The average Bonchev–Trinajstić information content (AvgIpc) is 2.12. The Morgan fingerprint density at radius 2 is 2.07 bits per heavy atom. The molecule has 0 spiro atoms. The third-order valence-corrected chi connectivity index (χ3v) is 1.33. The van der Waals surface area contributed by atoms with Gasteiger partial charge in [0.1, 0.15) is 6.26 Å². The molecule has 0 aliphatic heterocycles. The van der Waals surface area contributed by atoms with Gasteiger partial charge in [0.25, 0.3) is 0 Å². The van der Waals surface area contributed by atoms with Crippen LogP contribution in [-0.2, 0) is 19.1 Å². The van der Waals surface area contributed by atoms with Gasteiger partial charge in [-0.3, -0.25) is 9.59 Å². The summed E-state index contributed by atoms with van der Waals surface area (Å²) in [6.07, 6.45) is 1.27. The van der Waals surface area contributed by atoms with E-state index < -0.39 is 5.97 Å². The monoisotopic (exact) mass is 201 g/mol. The van der Waals surface area contributed by atoms with E-state index in [-0.39, 0.29) is 12.4 Å². The van der Waals surface area contributed by atoms with Crippen LogP contribution in [0.3, 0.4) is 0 Å². The minimum atomic E-state index is -0.429. The zero-order valence-electron chi connectivity index (χ0n) is 8.62. The van der Waals surface area contributed by atoms with Crippen LogP contribution in [0.1, 0.15) is 20.3 Å². The van der Waals surface area contributed by atoms with E-state index in [4.69, 9.17) is 4.74 Å². The Balaban J connectivity index is 4.07. The van der Waals surface area contributed by atoms with Gasteiger partial charge in [0.05, 0.1) is 18.7 Å². The largest absolute Gasteiger partial charge is 0.466 e. The molecule has 0 aromatic rings. The normalized spacial score (nSPS) is 10.6. The number of hydrogen-bond donors (Lipinski definition) is 1. The second-order valence-electron chi connectivity index (χ2n) is 2.48. The van der Waals surface area contributed by atoms with Crippen LogP contribution in [0.25, 0.3) is 0 Å². The maximum atomic E-state index is 11.0. The van der Waals surface area contributed by atoms with Crippen LogP contribution in [0.15, 0.2) is 12.0 Å². The van der Waals surface area contributed by atoms with Gasteiger partial charge in [-0.25, -0.2) is 0 Å². The lowest BCUT2D eigenvalue weighted by Crippen LogP contribution is -2.14. The molecule has 14 heavy (non-hydrogen) atoms. The van der Waals surface area contributed by atoms with E-state index in [1.165, 1.54) is 13.2 Å². The molecule has 0 amide bonds. The standard InChI is InChI=1S/C9H15NO4/c1-4-13-9(12)5-8(10-3)6-14-7(2)11/h6,10H,4-5H2,1-3H3/b8-6-. The second-order valence-corrected chi connectivity index (χ2v) is 2.48. The van der Waals surface area contributed by atoms with Crippen LogP contribution in [-0.4, -0.2) is 25.6 Å². The molecule has 0 aromatic carbocycles. The highest BCUT2D eigenvalue weighted by Crippen LogP contribution is 1.99. The van der Waals surface area contributed by atoms with Crippen LogP contribution < -0.4 is 5.32 Å². The predicted octanol–water partition coefficient (Wildman–Crippen LogP) is 0.563. The van der Waals surface area contributed by atoms with Gasteiger partial charge in [0.15, 0.2) is 0 Å². The number of carbonyl (C=O) groups is 2. The van der Waals surface area contributed by atoms with Crippen molar-refractivity contribution in [1.29, 1.82) is 0 Å². The highest BCUT2D eigenvalue weighted by Gasteiger charge is 2.05. The zero-order chi connectivity index (χ0) is 11.0. The Morgan fingerprint density at radius 3 is 2.50 bits per heavy atom. The number of rotatable bonds is 5. The Bertz CT molecular complexity index is 235. The van der Waals surface area contributed by atoms with Crippen LogP contribution >= 0.6 is 0 Å². The van der Waals surface area contributed by atoms with Gasteiger partial charge in [-0.1, -0.05) is 0 Å². The molecule has 0 radical (unpaired) electrons. The summed E-state index contributed by atoms with van der Waals surface area (Å²) >= 11 is 0. The van der Waals surface area contributed by atoms with Crippen molar-refractivity contribution in [1.82, 2.24) is 5.32 Å². The van der Waals surface area contributed by atoms with E-state index in [0.717, 1.165) is 0 Å². The van der Waals surface area contributed by atoms with E-state index in [1.54, 1.807) is 14.0 Å². The number of carbonyl (C=O) groups excluding carboxylic acids is 2. The fourth-order valence-corrected chi connectivity index (χ4v) is 0.711. The fourth-order valence-electron chi connectivity index (χ4n) is 0.711. The van der Waals surface area contributed by atoms with Gasteiger partial charge in [-0.15, -0.1) is 0 Å². The van der Waals surface area contributed by atoms with Crippen molar-refractivity contribution < 1.29 is 19.1 Å². The molecule has 0 rings (SSSR count). The Labute approximate surface area is 83.1 Å². The van der Waals surface area contributed by atoms with Crippen molar-refractivity contribution in [2.45, 2.75) is 20.3 Å². The highest BCUT2D eigenvalue weighted by atomic mass is 16.5. The van der Waals surface area contributed by atoms with E-state index in [1.807, 2.05) is 0 Å². The number of esters is 2. The number of hydrogen-bond acceptors (Lipinski definition) is 5. The minimum Gasteiger partial charge on any atom is -0.466 e. The number of nitrogens with one attached hydrogen (secondary N) is 1. The first-order chi connectivity index (χ1) is 6.60. The van der Waals surface area contributed by atoms with E-state index in [9.17, 15) is 9.59 Å². The molecule has 0 fully saturated rings. The first kappa shape index (κ1) is 12.5. The third-order valence-electron chi connectivity index (χ3n) is 1.33. The Kier molecular flexibility index (Phi) is 6.19. The maximum Gasteiger partial charge on any atom is 0.311 e. The summed E-state index contributed by atoms with van der Waals surface area (Å²) < 4.78 is 9.32. The smallest absolute Gasteiger partial charge is 0.311 e. The molecule has 0 bridgehead atoms. The van der Waals surface area contributed by atoms with Crippen molar-refractivity contribution in [3.63, 3.8) is 0 Å². The summed E-state index contributed by atoms with van der Waals surface area (Å²) in [5.41, 5.74) is 0.499. The molecule has 0 atom stereocenters. The van der Waals surface area contributed by atoms with Gasteiger partial charge in [-0.05, 0) is 6.92 Å². The van der Waals surface area contributed by atoms with Crippen molar-refractivity contribution >= 4 is 11.9 Å². The zero-order valence-corrected chi connectivity index (χ0v) is 8.62. The van der Waals surface area contributed by atoms with Crippen LogP contribution in [0.4, 0.5) is 0 Å². The van der Waals surface area contributed by atoms with E-state index >= 15 is 0 Å². The molecule has 0 aliphatic carbocycles. The molecule has 5 heteroatoms. The molecule has 1 N–H and O–H groups in total. The van der Waals surface area contributed by atoms with Crippen LogP contribution in [0.5, 0.6) is 0 Å². The SMILES string of the molecule is CCOC(=O)C/C(=C/OC(C)=O)NC. The summed E-state index contributed by atoms with van der Waals surface area (Å²) in [6.45, 7) is 3.35. The first-order valence-corrected chi connectivity index (χ1v) is 4.29. The maximum absolute atomic E-state index is 11.0. The van der Waals surface area contributed by atoms with Crippen molar-refractivity contribution in [3.05, 3.63) is 12.0 Å². The third kappa shape index (κ3) is 6.05. The minimum absolute atomic E-state index is 0.0671. The molecular weight excluding hydrogens is 186 g/mol. The van der Waals surface area contributed by atoms with Crippen molar-refractivity contribution in [2.75, 3.05) is 13.7 Å². The second kappa shape index (κ2) is 6.94. The molecule has 5 nitrogen and oxygen atoms in total. The predicted molar refractivity (Wildman–Crippen MR) is 50.2 cm³/mol. The number of ether oxygens (including phenoxy) is 2. The summed E-state index contributed by atoms with van der Waals surface area (Å²) in [5.74, 6) is -0.790. The summed E-state index contributed by atoms with van der Waals surface area (Å²) in [4.78, 5) is 21.5. The van der Waals surface area contributed by atoms with Crippen molar-refractivity contribution in [3.8, 4) is 0 Å². The van der Waals surface area contributed by atoms with Gasteiger partial charge < -0.3 is 14.8 Å². The van der Waals surface area contributed by atoms with Gasteiger partial charge in [0.2, 0.25) is 0 Å². The lowest BCUT2D eigenvalue weighted by Gasteiger charge is -2.05. The highest BCUT2D eigenvalue weighted by molar-refractivity contribution is 5.72.